The average Bonchev–Trinajstić information content (AvgIpc) is 3.19. The first-order valence-electron chi connectivity index (χ1n) is 9.63. The predicted molar refractivity (Wildman–Crippen MR) is 100 cm³/mol. The van der Waals surface area contributed by atoms with Crippen LogP contribution in [0, 0.1) is 17.8 Å². The number of ketones is 1. The van der Waals surface area contributed by atoms with Gasteiger partial charge < -0.3 is 19.0 Å². The van der Waals surface area contributed by atoms with Crippen LogP contribution in [0.4, 0.5) is 8.78 Å². The van der Waals surface area contributed by atoms with Gasteiger partial charge in [0.05, 0.1) is 25.2 Å². The van der Waals surface area contributed by atoms with E-state index in [0.717, 1.165) is 12.8 Å². The molecule has 28 heavy (non-hydrogen) atoms. The average molecular weight is 418 g/mol. The van der Waals surface area contributed by atoms with E-state index in [1.54, 1.807) is 13.0 Å². The van der Waals surface area contributed by atoms with Gasteiger partial charge in [0.2, 0.25) is 5.88 Å². The molecule has 2 aliphatic carbocycles. The van der Waals surface area contributed by atoms with Crippen molar-refractivity contribution in [3.63, 3.8) is 0 Å². The van der Waals surface area contributed by atoms with Crippen molar-refractivity contribution < 1.29 is 27.8 Å². The minimum atomic E-state index is -2.62. The normalized spacial score (nSPS) is 26.2. The molecule has 1 unspecified atom stereocenters. The Morgan fingerprint density at radius 1 is 1.36 bits per heavy atom. The molecule has 5 nitrogen and oxygen atoms in total. The van der Waals surface area contributed by atoms with E-state index in [1.807, 2.05) is 6.92 Å². The van der Waals surface area contributed by atoms with Crippen molar-refractivity contribution in [1.82, 2.24) is 4.98 Å². The molecule has 2 atom stereocenters. The first-order chi connectivity index (χ1) is 13.2. The summed E-state index contributed by atoms with van der Waals surface area (Å²) in [7, 11) is 0. The molecule has 0 aromatic carbocycles. The summed E-state index contributed by atoms with van der Waals surface area (Å²) < 4.78 is 42.8. The van der Waals surface area contributed by atoms with Gasteiger partial charge in [-0.15, -0.1) is 0 Å². The van der Waals surface area contributed by atoms with E-state index in [4.69, 9.17) is 25.8 Å². The largest absolute Gasteiger partial charge is 0.491 e. The highest BCUT2D eigenvalue weighted by molar-refractivity contribution is 6.33. The van der Waals surface area contributed by atoms with Crippen LogP contribution >= 0.6 is 11.6 Å². The first-order valence-corrected chi connectivity index (χ1v) is 10.0. The standard InChI is InChI=1S/C20H26ClF2NO4/c1-12(5-13(2)25)9-26-16-6-14(7-16)10-28-19-18(21)17(3-4-24-19)27-11-15-8-20(15,22)23/h3-4,12,14-16H,5-11H2,1-2H3/t12-,14?,15?,16?/m1/s1. The van der Waals surface area contributed by atoms with Crippen LogP contribution in [0.25, 0.3) is 0 Å². The zero-order valence-corrected chi connectivity index (χ0v) is 16.9. The van der Waals surface area contributed by atoms with Crippen molar-refractivity contribution in [2.24, 2.45) is 17.8 Å². The molecule has 1 aromatic rings. The quantitative estimate of drug-likeness (QED) is 0.528. The number of carbonyl (C=O) groups excluding carboxylic acids is 1. The number of halogens is 3. The maximum atomic E-state index is 12.9. The van der Waals surface area contributed by atoms with Crippen molar-refractivity contribution in [3.05, 3.63) is 17.3 Å². The van der Waals surface area contributed by atoms with Gasteiger partial charge in [-0.1, -0.05) is 18.5 Å². The summed E-state index contributed by atoms with van der Waals surface area (Å²) in [6, 6.07) is 1.55. The van der Waals surface area contributed by atoms with Crippen LogP contribution in [-0.2, 0) is 9.53 Å². The summed E-state index contributed by atoms with van der Waals surface area (Å²) in [6.45, 7) is 4.58. The van der Waals surface area contributed by atoms with Gasteiger partial charge >= 0.3 is 0 Å². The van der Waals surface area contributed by atoms with Crippen molar-refractivity contribution in [2.45, 2.75) is 51.6 Å². The van der Waals surface area contributed by atoms with E-state index in [-0.39, 0.29) is 41.7 Å². The molecule has 0 bridgehead atoms. The molecule has 0 amide bonds. The number of carbonyl (C=O) groups is 1. The van der Waals surface area contributed by atoms with Crippen LogP contribution in [0.3, 0.4) is 0 Å². The summed E-state index contributed by atoms with van der Waals surface area (Å²) in [5, 5.41) is 0.205. The highest BCUT2D eigenvalue weighted by Gasteiger charge is 2.57. The molecule has 3 rings (SSSR count). The third kappa shape index (κ3) is 5.77. The Morgan fingerprint density at radius 2 is 2.07 bits per heavy atom. The number of nitrogens with zero attached hydrogens (tertiary/aromatic N) is 1. The zero-order valence-electron chi connectivity index (χ0n) is 16.1. The van der Waals surface area contributed by atoms with Crippen molar-refractivity contribution in [2.75, 3.05) is 19.8 Å². The van der Waals surface area contributed by atoms with Gasteiger partial charge in [0, 0.05) is 31.7 Å². The molecule has 0 radical (unpaired) electrons. The fraction of sp³-hybridized carbons (Fsp3) is 0.700. The third-order valence-electron chi connectivity index (χ3n) is 5.12. The van der Waals surface area contributed by atoms with Gasteiger partial charge in [-0.2, -0.15) is 0 Å². The Bertz CT molecular complexity index is 697. The SMILES string of the molecule is CC(=O)C[C@@H](C)COC1CC(COc2nccc(OCC3CC3(F)F)c2Cl)C1. The number of ether oxygens (including phenoxy) is 3. The lowest BCUT2D eigenvalue weighted by Crippen LogP contribution is -2.36. The van der Waals surface area contributed by atoms with Crippen LogP contribution in [0.15, 0.2) is 12.3 Å². The maximum Gasteiger partial charge on any atom is 0.255 e. The van der Waals surface area contributed by atoms with E-state index in [1.165, 1.54) is 6.20 Å². The number of pyridine rings is 1. The molecule has 0 spiro atoms. The fourth-order valence-electron chi connectivity index (χ4n) is 3.25. The molecule has 156 valence electrons. The van der Waals surface area contributed by atoms with Crippen molar-refractivity contribution >= 4 is 17.4 Å². The summed E-state index contributed by atoms with van der Waals surface area (Å²) in [5.74, 6) is -2.05. The lowest BCUT2D eigenvalue weighted by Gasteiger charge is -2.35. The lowest BCUT2D eigenvalue weighted by molar-refractivity contribution is -0.119. The smallest absolute Gasteiger partial charge is 0.255 e. The van der Waals surface area contributed by atoms with E-state index in [9.17, 15) is 13.6 Å². The minimum Gasteiger partial charge on any atom is -0.491 e. The van der Waals surface area contributed by atoms with Crippen LogP contribution in [0.5, 0.6) is 11.6 Å². The summed E-state index contributed by atoms with van der Waals surface area (Å²) >= 11 is 6.23. The molecule has 1 heterocycles. The van der Waals surface area contributed by atoms with Crippen LogP contribution < -0.4 is 9.47 Å². The number of alkyl halides is 2. The Labute approximate surface area is 168 Å². The first kappa shape index (κ1) is 21.2. The number of hydrogen-bond acceptors (Lipinski definition) is 5. The topological polar surface area (TPSA) is 57.7 Å². The Hall–Kier alpha value is -1.47. The van der Waals surface area contributed by atoms with Crippen molar-refractivity contribution in [1.29, 1.82) is 0 Å². The molecule has 0 aliphatic heterocycles. The van der Waals surface area contributed by atoms with Crippen LogP contribution in [0.1, 0.15) is 39.5 Å². The summed E-state index contributed by atoms with van der Waals surface area (Å²) in [4.78, 5) is 15.2. The number of aromatic nitrogens is 1. The van der Waals surface area contributed by atoms with E-state index in [2.05, 4.69) is 4.98 Å². The molecule has 2 saturated carbocycles. The van der Waals surface area contributed by atoms with Gasteiger partial charge in [-0.3, -0.25) is 0 Å². The molecular weight excluding hydrogens is 392 g/mol. The van der Waals surface area contributed by atoms with Crippen molar-refractivity contribution in [3.8, 4) is 11.6 Å². The van der Waals surface area contributed by atoms with Crippen LogP contribution in [-0.4, -0.2) is 42.6 Å². The van der Waals surface area contributed by atoms with E-state index >= 15 is 0 Å². The van der Waals surface area contributed by atoms with Gasteiger partial charge in [-0.05, 0) is 31.6 Å². The molecular formula is C20H26ClF2NO4. The third-order valence-corrected chi connectivity index (χ3v) is 5.47. The van der Waals surface area contributed by atoms with E-state index in [0.29, 0.717) is 31.3 Å². The fourth-order valence-corrected chi connectivity index (χ4v) is 3.48. The summed E-state index contributed by atoms with van der Waals surface area (Å²) in [6.07, 6.45) is 3.86. The maximum absolute atomic E-state index is 12.9. The molecule has 0 saturated heterocycles. The second kappa shape index (κ2) is 8.91. The monoisotopic (exact) mass is 417 g/mol. The van der Waals surface area contributed by atoms with Gasteiger partial charge in [-0.25, -0.2) is 13.8 Å². The molecule has 0 N–H and O–H groups in total. The Kier molecular flexibility index (Phi) is 6.76. The number of Topliss-reactive ketones (excluding diaryl/α,β-unsaturated/α-hetero) is 1. The summed E-state index contributed by atoms with van der Waals surface area (Å²) in [5.41, 5.74) is 0. The second-order valence-corrected chi connectivity index (χ2v) is 8.39. The Balaban J connectivity index is 1.36. The predicted octanol–water partition coefficient (Wildman–Crippen LogP) is 4.56. The number of rotatable bonds is 11. The van der Waals surface area contributed by atoms with Gasteiger partial charge in [0.25, 0.3) is 5.92 Å². The van der Waals surface area contributed by atoms with E-state index < -0.39 is 11.8 Å². The number of hydrogen-bond donors (Lipinski definition) is 0. The molecule has 2 aliphatic rings. The zero-order chi connectivity index (χ0) is 20.3. The molecule has 1 aromatic heterocycles. The lowest BCUT2D eigenvalue weighted by atomic mass is 9.83. The van der Waals surface area contributed by atoms with Gasteiger partial charge in [0.1, 0.15) is 16.6 Å². The highest BCUT2D eigenvalue weighted by atomic mass is 35.5. The molecule has 2 fully saturated rings. The van der Waals surface area contributed by atoms with Crippen LogP contribution in [0.2, 0.25) is 5.02 Å². The Morgan fingerprint density at radius 3 is 2.71 bits per heavy atom. The van der Waals surface area contributed by atoms with Gasteiger partial charge in [0.15, 0.2) is 0 Å². The minimum absolute atomic E-state index is 0.0696. The second-order valence-electron chi connectivity index (χ2n) is 8.02. The molecule has 8 heteroatoms. The highest BCUT2D eigenvalue weighted by Crippen LogP contribution is 2.49.